The molecule has 0 unspecified atom stereocenters. The van der Waals surface area contributed by atoms with Gasteiger partial charge in [-0.05, 0) is 79.1 Å². The van der Waals surface area contributed by atoms with Crippen LogP contribution in [0.15, 0.2) is 72.3 Å². The highest BCUT2D eigenvalue weighted by Crippen LogP contribution is 2.31. The monoisotopic (exact) mass is 467 g/mol. The van der Waals surface area contributed by atoms with Crippen molar-refractivity contribution < 1.29 is 9.53 Å². The van der Waals surface area contributed by atoms with E-state index in [9.17, 15) is 10.1 Å². The number of benzene rings is 3. The molecule has 4 aromatic rings. The van der Waals surface area contributed by atoms with Crippen LogP contribution in [-0.4, -0.2) is 17.5 Å². The first-order valence-corrected chi connectivity index (χ1v) is 12.0. The topological polar surface area (TPSA) is 75.0 Å². The lowest BCUT2D eigenvalue weighted by Gasteiger charge is -2.06. The summed E-state index contributed by atoms with van der Waals surface area (Å²) >= 11 is 1.64. The van der Waals surface area contributed by atoms with Crippen LogP contribution in [-0.2, 0) is 4.79 Å². The number of fused-ring (bicyclic) bond motifs is 1. The predicted octanol–water partition coefficient (Wildman–Crippen LogP) is 7.00. The van der Waals surface area contributed by atoms with Crippen molar-refractivity contribution in [3.8, 4) is 22.4 Å². The summed E-state index contributed by atoms with van der Waals surface area (Å²) in [6.07, 6.45) is 3.65. The van der Waals surface area contributed by atoms with E-state index in [0.717, 1.165) is 44.9 Å². The van der Waals surface area contributed by atoms with Crippen LogP contribution < -0.4 is 10.1 Å². The fourth-order valence-corrected chi connectivity index (χ4v) is 4.43. The number of unbranched alkanes of at least 4 members (excludes halogenated alkanes) is 1. The highest BCUT2D eigenvalue weighted by Gasteiger charge is 2.11. The molecule has 170 valence electrons. The predicted molar refractivity (Wildman–Crippen MR) is 139 cm³/mol. The molecular formula is C28H25N3O2S. The van der Waals surface area contributed by atoms with E-state index >= 15 is 0 Å². The molecule has 1 N–H and O–H groups in total. The van der Waals surface area contributed by atoms with Gasteiger partial charge in [0, 0.05) is 11.3 Å². The van der Waals surface area contributed by atoms with E-state index in [4.69, 9.17) is 9.72 Å². The molecule has 0 saturated carbocycles. The van der Waals surface area contributed by atoms with Crippen molar-refractivity contribution in [2.45, 2.75) is 26.7 Å². The molecule has 1 heterocycles. The molecule has 0 aliphatic rings. The standard InChI is InChI=1S/C28H25N3O2S/c1-3-4-15-33-24-12-6-20(7-13-24)17-22(18-29)27(32)30-23-10-8-21(9-11-23)28-31-25-14-5-19(2)16-26(25)34-28/h5-14,16-17H,3-4,15H2,1-2H3,(H,30,32)/b22-17+. The number of carbonyl (C=O) groups is 1. The van der Waals surface area contributed by atoms with Crippen LogP contribution in [0.2, 0.25) is 0 Å². The molecule has 1 aromatic heterocycles. The molecule has 1 amide bonds. The van der Waals surface area contributed by atoms with Gasteiger partial charge in [-0.25, -0.2) is 4.98 Å². The summed E-state index contributed by atoms with van der Waals surface area (Å²) in [6, 6.07) is 23.1. The van der Waals surface area contributed by atoms with Gasteiger partial charge in [0.15, 0.2) is 0 Å². The lowest BCUT2D eigenvalue weighted by atomic mass is 10.1. The number of nitriles is 1. The average Bonchev–Trinajstić information content (AvgIpc) is 3.27. The summed E-state index contributed by atoms with van der Waals surface area (Å²) in [5.41, 5.74) is 4.58. The van der Waals surface area contributed by atoms with E-state index in [1.807, 2.05) is 60.7 Å². The van der Waals surface area contributed by atoms with Gasteiger partial charge in [0.1, 0.15) is 22.4 Å². The fraction of sp³-hybridized carbons (Fsp3) is 0.179. The third-order valence-corrected chi connectivity index (χ3v) is 6.32. The molecule has 0 aliphatic heterocycles. The molecule has 34 heavy (non-hydrogen) atoms. The molecule has 0 radical (unpaired) electrons. The Bertz CT molecular complexity index is 1360. The summed E-state index contributed by atoms with van der Waals surface area (Å²) in [7, 11) is 0. The van der Waals surface area contributed by atoms with E-state index in [-0.39, 0.29) is 5.57 Å². The van der Waals surface area contributed by atoms with Crippen LogP contribution in [0.3, 0.4) is 0 Å². The number of rotatable bonds is 8. The summed E-state index contributed by atoms with van der Waals surface area (Å²) in [6.45, 7) is 4.86. The van der Waals surface area contributed by atoms with Gasteiger partial charge >= 0.3 is 0 Å². The van der Waals surface area contributed by atoms with Crippen LogP contribution in [0.4, 0.5) is 5.69 Å². The molecular weight excluding hydrogens is 442 g/mol. The Kier molecular flexibility index (Phi) is 7.36. The van der Waals surface area contributed by atoms with Crippen LogP contribution >= 0.6 is 11.3 Å². The van der Waals surface area contributed by atoms with Crippen molar-refractivity contribution in [3.63, 3.8) is 0 Å². The zero-order valence-corrected chi connectivity index (χ0v) is 20.0. The van der Waals surface area contributed by atoms with Crippen molar-refractivity contribution in [2.24, 2.45) is 0 Å². The quantitative estimate of drug-likeness (QED) is 0.172. The van der Waals surface area contributed by atoms with Gasteiger partial charge in [-0.2, -0.15) is 5.26 Å². The second kappa shape index (κ2) is 10.8. The van der Waals surface area contributed by atoms with E-state index in [1.165, 1.54) is 5.56 Å². The van der Waals surface area contributed by atoms with Gasteiger partial charge in [-0.15, -0.1) is 11.3 Å². The molecule has 0 atom stereocenters. The van der Waals surface area contributed by atoms with Gasteiger partial charge in [0.05, 0.1) is 16.8 Å². The third-order valence-electron chi connectivity index (χ3n) is 5.26. The van der Waals surface area contributed by atoms with Crippen molar-refractivity contribution in [1.82, 2.24) is 4.98 Å². The summed E-state index contributed by atoms with van der Waals surface area (Å²) in [5, 5.41) is 13.2. The molecule has 0 fully saturated rings. The SMILES string of the molecule is CCCCOc1ccc(/C=C(\C#N)C(=O)Nc2ccc(-c3nc4ccc(C)cc4s3)cc2)cc1. The largest absolute Gasteiger partial charge is 0.494 e. The highest BCUT2D eigenvalue weighted by atomic mass is 32.1. The van der Waals surface area contributed by atoms with Crippen molar-refractivity contribution in [1.29, 1.82) is 5.26 Å². The molecule has 0 bridgehead atoms. The maximum atomic E-state index is 12.7. The number of hydrogen-bond donors (Lipinski definition) is 1. The lowest BCUT2D eigenvalue weighted by molar-refractivity contribution is -0.112. The van der Waals surface area contributed by atoms with Crippen LogP contribution in [0.1, 0.15) is 30.9 Å². The molecule has 4 rings (SSSR count). The molecule has 0 saturated heterocycles. The Morgan fingerprint density at radius 1 is 1.12 bits per heavy atom. The lowest BCUT2D eigenvalue weighted by Crippen LogP contribution is -2.13. The van der Waals surface area contributed by atoms with Gasteiger partial charge < -0.3 is 10.1 Å². The van der Waals surface area contributed by atoms with Crippen LogP contribution in [0.25, 0.3) is 26.9 Å². The fourth-order valence-electron chi connectivity index (χ4n) is 3.36. The maximum Gasteiger partial charge on any atom is 0.266 e. The number of thiazole rings is 1. The second-order valence-electron chi connectivity index (χ2n) is 7.96. The van der Waals surface area contributed by atoms with E-state index in [0.29, 0.717) is 12.3 Å². The summed E-state index contributed by atoms with van der Waals surface area (Å²) in [4.78, 5) is 17.4. The van der Waals surface area contributed by atoms with E-state index in [1.54, 1.807) is 17.4 Å². The number of aryl methyl sites for hydroxylation is 1. The first-order valence-electron chi connectivity index (χ1n) is 11.2. The number of anilines is 1. The highest BCUT2D eigenvalue weighted by molar-refractivity contribution is 7.21. The Morgan fingerprint density at radius 3 is 2.59 bits per heavy atom. The number of aromatic nitrogens is 1. The number of hydrogen-bond acceptors (Lipinski definition) is 5. The molecule has 0 spiro atoms. The average molecular weight is 468 g/mol. The minimum atomic E-state index is -0.450. The van der Waals surface area contributed by atoms with Gasteiger partial charge in [-0.3, -0.25) is 4.79 Å². The molecule has 3 aromatic carbocycles. The second-order valence-corrected chi connectivity index (χ2v) is 8.99. The number of carbonyl (C=O) groups excluding carboxylic acids is 1. The smallest absolute Gasteiger partial charge is 0.266 e. The van der Waals surface area contributed by atoms with Crippen molar-refractivity contribution in [2.75, 3.05) is 11.9 Å². The van der Waals surface area contributed by atoms with Crippen LogP contribution in [0, 0.1) is 18.3 Å². The first kappa shape index (κ1) is 23.2. The normalized spacial score (nSPS) is 11.3. The first-order chi connectivity index (χ1) is 16.6. The Hall–Kier alpha value is -3.95. The summed E-state index contributed by atoms with van der Waals surface area (Å²) in [5.74, 6) is 0.325. The minimum Gasteiger partial charge on any atom is -0.494 e. The van der Waals surface area contributed by atoms with E-state index < -0.39 is 5.91 Å². The Labute approximate surface area is 203 Å². The minimum absolute atomic E-state index is 0.0327. The number of amides is 1. The zero-order chi connectivity index (χ0) is 23.9. The number of nitrogens with one attached hydrogen (secondary N) is 1. The van der Waals surface area contributed by atoms with Crippen LogP contribution in [0.5, 0.6) is 5.75 Å². The van der Waals surface area contributed by atoms with Crippen molar-refractivity contribution >= 4 is 39.2 Å². The molecule has 6 heteroatoms. The summed E-state index contributed by atoms with van der Waals surface area (Å²) < 4.78 is 6.80. The zero-order valence-electron chi connectivity index (χ0n) is 19.2. The molecule has 5 nitrogen and oxygen atoms in total. The van der Waals surface area contributed by atoms with Gasteiger partial charge in [-0.1, -0.05) is 31.5 Å². The number of ether oxygens (including phenoxy) is 1. The Morgan fingerprint density at radius 2 is 1.88 bits per heavy atom. The van der Waals surface area contributed by atoms with Gasteiger partial charge in [0.2, 0.25) is 0 Å². The Balaban J connectivity index is 1.43. The van der Waals surface area contributed by atoms with Crippen molar-refractivity contribution in [3.05, 3.63) is 83.4 Å². The van der Waals surface area contributed by atoms with Gasteiger partial charge in [0.25, 0.3) is 5.91 Å². The molecule has 0 aliphatic carbocycles. The van der Waals surface area contributed by atoms with E-state index in [2.05, 4.69) is 31.3 Å². The maximum absolute atomic E-state index is 12.7. The number of nitrogens with zero attached hydrogens (tertiary/aromatic N) is 2. The third kappa shape index (κ3) is 5.69.